The predicted octanol–water partition coefficient (Wildman–Crippen LogP) is 1.01. The lowest BCUT2D eigenvalue weighted by atomic mass is 10.1. The smallest absolute Gasteiger partial charge is 0.258 e. The Morgan fingerprint density at radius 1 is 0.852 bits per heavy atom. The molecule has 0 bridgehead atoms. The quantitative estimate of drug-likeness (QED) is 0.711. The van der Waals surface area contributed by atoms with Gasteiger partial charge in [-0.3, -0.25) is 14.9 Å². The molecule has 2 aromatic carbocycles. The first-order valence-electron chi connectivity index (χ1n) is 7.81. The molecule has 0 fully saturated rings. The van der Waals surface area contributed by atoms with Crippen molar-refractivity contribution in [3.8, 4) is 0 Å². The number of sulfone groups is 1. The number of benzene rings is 2. The Kier molecular flexibility index (Phi) is 4.66. The maximum atomic E-state index is 12.6. The van der Waals surface area contributed by atoms with Crippen LogP contribution in [0.2, 0.25) is 0 Å². The van der Waals surface area contributed by atoms with E-state index in [-0.39, 0.29) is 20.9 Å². The number of carbonyl (C=O) groups is 2. The maximum Gasteiger partial charge on any atom is 0.258 e. The Bertz CT molecular complexity index is 1150. The van der Waals surface area contributed by atoms with Gasteiger partial charge < -0.3 is 0 Å². The number of hydrogen-bond donors (Lipinski definition) is 2. The highest BCUT2D eigenvalue weighted by Crippen LogP contribution is 2.23. The van der Waals surface area contributed by atoms with Crippen molar-refractivity contribution in [2.24, 2.45) is 0 Å². The lowest BCUT2D eigenvalue weighted by molar-refractivity contribution is 0.0879. The monoisotopic (exact) mass is 408 g/mol. The summed E-state index contributed by atoms with van der Waals surface area (Å²) < 4.78 is 50.7. The van der Waals surface area contributed by atoms with Crippen LogP contribution in [-0.2, 0) is 19.9 Å². The molecule has 27 heavy (non-hydrogen) atoms. The van der Waals surface area contributed by atoms with Gasteiger partial charge in [0.15, 0.2) is 9.84 Å². The van der Waals surface area contributed by atoms with Gasteiger partial charge >= 0.3 is 0 Å². The summed E-state index contributed by atoms with van der Waals surface area (Å²) in [6.45, 7) is 1.61. The van der Waals surface area contributed by atoms with E-state index in [4.69, 9.17) is 0 Å². The minimum atomic E-state index is -3.97. The minimum Gasteiger partial charge on any atom is -0.288 e. The summed E-state index contributed by atoms with van der Waals surface area (Å²) in [4.78, 5) is 23.3. The van der Waals surface area contributed by atoms with Gasteiger partial charge in [0, 0.05) is 12.3 Å². The van der Waals surface area contributed by atoms with Crippen molar-refractivity contribution in [1.82, 2.24) is 10.0 Å². The van der Waals surface area contributed by atoms with Crippen LogP contribution in [0.1, 0.15) is 39.2 Å². The molecule has 0 aromatic heterocycles. The molecular formula is C17H16N2O6S2. The predicted molar refractivity (Wildman–Crippen MR) is 96.5 cm³/mol. The van der Waals surface area contributed by atoms with E-state index in [0.717, 1.165) is 12.3 Å². The number of fused-ring (bicyclic) bond motifs is 1. The van der Waals surface area contributed by atoms with Gasteiger partial charge in [0.25, 0.3) is 11.8 Å². The first-order chi connectivity index (χ1) is 12.5. The van der Waals surface area contributed by atoms with Gasteiger partial charge in [0.2, 0.25) is 10.0 Å². The first-order valence-corrected chi connectivity index (χ1v) is 11.2. The standard InChI is InChI=1S/C17H16N2O6S2/c1-10(11-3-5-12(6-4-11)26(2,22)23)19-27(24,25)13-7-8-14-15(9-13)17(21)18-16(14)20/h3-10,19H,1-2H3,(H,18,20,21). The van der Waals surface area contributed by atoms with Gasteiger partial charge in [0.1, 0.15) is 0 Å². The number of nitrogens with one attached hydrogen (secondary N) is 2. The third kappa shape index (κ3) is 3.77. The Morgan fingerprint density at radius 2 is 1.41 bits per heavy atom. The van der Waals surface area contributed by atoms with E-state index in [1.54, 1.807) is 6.92 Å². The molecule has 0 spiro atoms. The molecule has 142 valence electrons. The van der Waals surface area contributed by atoms with Crippen LogP contribution in [0.25, 0.3) is 0 Å². The molecule has 1 aliphatic heterocycles. The third-order valence-corrected chi connectivity index (χ3v) is 6.82. The third-order valence-electron chi connectivity index (χ3n) is 4.16. The van der Waals surface area contributed by atoms with Gasteiger partial charge in [-0.2, -0.15) is 0 Å². The molecule has 1 atom stereocenters. The summed E-state index contributed by atoms with van der Waals surface area (Å²) in [5, 5.41) is 2.10. The minimum absolute atomic E-state index is 0.00744. The molecule has 0 aliphatic carbocycles. The normalized spacial score (nSPS) is 15.3. The average molecular weight is 408 g/mol. The Balaban J connectivity index is 1.85. The number of rotatable bonds is 5. The fraction of sp³-hybridized carbons (Fsp3) is 0.176. The molecule has 3 rings (SSSR count). The fourth-order valence-electron chi connectivity index (χ4n) is 2.69. The van der Waals surface area contributed by atoms with Crippen molar-refractivity contribution in [2.45, 2.75) is 22.8 Å². The number of carbonyl (C=O) groups excluding carboxylic acids is 2. The van der Waals surface area contributed by atoms with E-state index in [2.05, 4.69) is 10.0 Å². The van der Waals surface area contributed by atoms with Gasteiger partial charge in [-0.1, -0.05) is 12.1 Å². The van der Waals surface area contributed by atoms with E-state index >= 15 is 0 Å². The highest BCUT2D eigenvalue weighted by atomic mass is 32.2. The van der Waals surface area contributed by atoms with Crippen molar-refractivity contribution < 1.29 is 26.4 Å². The first kappa shape index (κ1) is 19.2. The molecule has 0 saturated heterocycles. The zero-order valence-electron chi connectivity index (χ0n) is 14.4. The van der Waals surface area contributed by atoms with Crippen LogP contribution in [0.4, 0.5) is 0 Å². The van der Waals surface area contributed by atoms with Crippen LogP contribution in [-0.4, -0.2) is 34.9 Å². The highest BCUT2D eigenvalue weighted by Gasteiger charge is 2.29. The summed E-state index contributed by atoms with van der Waals surface area (Å²) in [5.74, 6) is -1.21. The topological polar surface area (TPSA) is 126 Å². The summed E-state index contributed by atoms with van der Waals surface area (Å²) in [5.41, 5.74) is 0.705. The Hall–Kier alpha value is -2.56. The lowest BCUT2D eigenvalue weighted by Crippen LogP contribution is -2.27. The van der Waals surface area contributed by atoms with Crippen molar-refractivity contribution in [3.05, 3.63) is 59.2 Å². The molecule has 8 nitrogen and oxygen atoms in total. The van der Waals surface area contributed by atoms with Crippen molar-refractivity contribution in [1.29, 1.82) is 0 Å². The summed E-state index contributed by atoms with van der Waals surface area (Å²) >= 11 is 0. The van der Waals surface area contributed by atoms with Crippen LogP contribution in [0.5, 0.6) is 0 Å². The maximum absolute atomic E-state index is 12.6. The second kappa shape index (κ2) is 6.55. The van der Waals surface area contributed by atoms with E-state index in [9.17, 15) is 26.4 Å². The van der Waals surface area contributed by atoms with Crippen LogP contribution in [0.3, 0.4) is 0 Å². The van der Waals surface area contributed by atoms with Gasteiger partial charge in [-0.15, -0.1) is 0 Å². The van der Waals surface area contributed by atoms with Crippen molar-refractivity contribution in [3.63, 3.8) is 0 Å². The molecule has 1 aliphatic rings. The van der Waals surface area contributed by atoms with Crippen molar-refractivity contribution in [2.75, 3.05) is 6.26 Å². The number of hydrogen-bond acceptors (Lipinski definition) is 6. The fourth-order valence-corrected chi connectivity index (χ4v) is 4.57. The SMILES string of the molecule is CC(NS(=O)(=O)c1ccc2c(c1)C(=O)NC2=O)c1ccc(S(C)(=O)=O)cc1. The molecule has 0 radical (unpaired) electrons. The zero-order chi connectivity index (χ0) is 20.0. The molecular weight excluding hydrogens is 392 g/mol. The van der Waals surface area contributed by atoms with Crippen LogP contribution < -0.4 is 10.0 Å². The molecule has 10 heteroatoms. The van der Waals surface area contributed by atoms with Crippen LogP contribution in [0, 0.1) is 0 Å². The number of amides is 2. The Labute approximate surface area is 156 Å². The van der Waals surface area contributed by atoms with E-state index in [1.807, 2.05) is 0 Å². The molecule has 1 unspecified atom stereocenters. The summed E-state index contributed by atoms with van der Waals surface area (Å²) in [7, 11) is -7.31. The van der Waals surface area contributed by atoms with E-state index in [1.165, 1.54) is 36.4 Å². The Morgan fingerprint density at radius 3 is 2.00 bits per heavy atom. The molecule has 2 amide bonds. The molecule has 0 saturated carbocycles. The van der Waals surface area contributed by atoms with Gasteiger partial charge in [-0.25, -0.2) is 21.6 Å². The summed E-state index contributed by atoms with van der Waals surface area (Å²) in [6.07, 6.45) is 1.09. The lowest BCUT2D eigenvalue weighted by Gasteiger charge is -2.15. The van der Waals surface area contributed by atoms with E-state index < -0.39 is 37.7 Å². The second-order valence-electron chi connectivity index (χ2n) is 6.17. The zero-order valence-corrected chi connectivity index (χ0v) is 16.0. The average Bonchev–Trinajstić information content (AvgIpc) is 2.88. The van der Waals surface area contributed by atoms with Crippen LogP contribution in [0.15, 0.2) is 52.3 Å². The van der Waals surface area contributed by atoms with Gasteiger partial charge in [-0.05, 0) is 42.8 Å². The van der Waals surface area contributed by atoms with Crippen LogP contribution >= 0.6 is 0 Å². The number of sulfonamides is 1. The molecule has 1 heterocycles. The molecule has 2 aromatic rings. The van der Waals surface area contributed by atoms with Crippen molar-refractivity contribution >= 4 is 31.7 Å². The van der Waals surface area contributed by atoms with Gasteiger partial charge in [0.05, 0.1) is 20.9 Å². The summed E-state index contributed by atoms with van der Waals surface area (Å²) in [6, 6.07) is 8.90. The second-order valence-corrected chi connectivity index (χ2v) is 9.90. The highest BCUT2D eigenvalue weighted by molar-refractivity contribution is 7.90. The largest absolute Gasteiger partial charge is 0.288 e. The number of imide groups is 1. The molecule has 2 N–H and O–H groups in total. The van der Waals surface area contributed by atoms with E-state index in [0.29, 0.717) is 5.56 Å².